The lowest BCUT2D eigenvalue weighted by molar-refractivity contribution is -0.274. The molecule has 0 aliphatic rings. The summed E-state index contributed by atoms with van der Waals surface area (Å²) >= 11 is -0.503. The molecule has 0 atom stereocenters. The molecular weight excluding hydrogens is 388 g/mol. The number of alkyl halides is 6. The van der Waals surface area contributed by atoms with Gasteiger partial charge in [-0.1, -0.05) is 0 Å². The highest BCUT2D eigenvalue weighted by molar-refractivity contribution is 8.00. The maximum Gasteiger partial charge on any atom is 0.573 e. The van der Waals surface area contributed by atoms with Gasteiger partial charge in [-0.05, 0) is 42.1 Å². The number of ether oxygens (including phenoxy) is 2. The van der Waals surface area contributed by atoms with Crippen LogP contribution in [0.3, 0.4) is 0 Å². The monoisotopic (exact) mass is 397 g/mol. The van der Waals surface area contributed by atoms with Crippen LogP contribution in [0.2, 0.25) is 0 Å². The normalized spacial score (nSPS) is 12.0. The van der Waals surface area contributed by atoms with Gasteiger partial charge >= 0.3 is 17.8 Å². The zero-order valence-electron chi connectivity index (χ0n) is 12.8. The van der Waals surface area contributed by atoms with Crippen molar-refractivity contribution in [3.8, 4) is 17.0 Å². The number of hydrogen-bond donors (Lipinski definition) is 0. The number of nitrogens with zero attached hydrogens (tertiary/aromatic N) is 1. The first-order valence-corrected chi connectivity index (χ1v) is 7.50. The molecule has 11 heteroatoms. The third-order valence-corrected chi connectivity index (χ3v) is 3.62. The SMILES string of the molecule is COC(=O)c1cnc(-c2ccc(OC(F)(F)F)cc2)c(SC(F)(F)F)c1. The van der Waals surface area contributed by atoms with Crippen molar-refractivity contribution < 1.29 is 40.6 Å². The molecular formula is C15H9F6NO3S. The number of thioether (sulfide) groups is 1. The maximum atomic E-state index is 12.8. The van der Waals surface area contributed by atoms with Crippen molar-refractivity contribution >= 4 is 17.7 Å². The number of hydrogen-bond acceptors (Lipinski definition) is 5. The summed E-state index contributed by atoms with van der Waals surface area (Å²) in [6, 6.07) is 5.09. The highest BCUT2D eigenvalue weighted by Gasteiger charge is 2.32. The van der Waals surface area contributed by atoms with E-state index in [-0.39, 0.29) is 16.8 Å². The average Bonchev–Trinajstić information content (AvgIpc) is 2.52. The first-order valence-electron chi connectivity index (χ1n) is 6.69. The second-order valence-electron chi connectivity index (χ2n) is 4.68. The number of carbonyl (C=O) groups excluding carboxylic acids is 1. The van der Waals surface area contributed by atoms with Gasteiger partial charge < -0.3 is 9.47 Å². The van der Waals surface area contributed by atoms with Crippen LogP contribution in [0.1, 0.15) is 10.4 Å². The standard InChI is InChI=1S/C15H9F6NO3S/c1-24-13(23)9-6-11(26-15(19,20)21)12(22-7-9)8-2-4-10(5-3-8)25-14(16,17)18/h2-7H,1H3. The third-order valence-electron chi connectivity index (χ3n) is 2.86. The predicted molar refractivity (Wildman–Crippen MR) is 79.6 cm³/mol. The summed E-state index contributed by atoms with van der Waals surface area (Å²) in [5, 5.41) is 0. The van der Waals surface area contributed by atoms with Crippen LogP contribution in [-0.2, 0) is 4.74 Å². The smallest absolute Gasteiger partial charge is 0.465 e. The highest BCUT2D eigenvalue weighted by Crippen LogP contribution is 2.41. The Hall–Kier alpha value is -2.43. The van der Waals surface area contributed by atoms with E-state index in [4.69, 9.17) is 0 Å². The summed E-state index contributed by atoms with van der Waals surface area (Å²) < 4.78 is 83.0. The molecule has 0 radical (unpaired) electrons. The summed E-state index contributed by atoms with van der Waals surface area (Å²) in [6.07, 6.45) is -3.87. The lowest BCUT2D eigenvalue weighted by Gasteiger charge is -2.13. The van der Waals surface area contributed by atoms with Crippen LogP contribution in [0, 0.1) is 0 Å². The quantitative estimate of drug-likeness (QED) is 0.411. The fourth-order valence-electron chi connectivity index (χ4n) is 1.91. The molecule has 26 heavy (non-hydrogen) atoms. The van der Waals surface area contributed by atoms with E-state index in [9.17, 15) is 31.1 Å². The van der Waals surface area contributed by atoms with E-state index in [2.05, 4.69) is 14.5 Å². The molecule has 1 aromatic carbocycles. The van der Waals surface area contributed by atoms with Crippen molar-refractivity contribution in [2.45, 2.75) is 16.8 Å². The molecule has 0 saturated heterocycles. The van der Waals surface area contributed by atoms with Crippen molar-refractivity contribution in [1.82, 2.24) is 4.98 Å². The molecule has 0 aliphatic heterocycles. The molecule has 0 aliphatic carbocycles. The zero-order chi connectivity index (χ0) is 19.5. The van der Waals surface area contributed by atoms with Crippen molar-refractivity contribution in [3.05, 3.63) is 42.1 Å². The molecule has 0 spiro atoms. The molecule has 140 valence electrons. The molecule has 1 aromatic heterocycles. The number of rotatable bonds is 4. The van der Waals surface area contributed by atoms with Gasteiger partial charge in [-0.2, -0.15) is 13.2 Å². The Balaban J connectivity index is 2.42. The fraction of sp³-hybridized carbons (Fsp3) is 0.200. The Kier molecular flexibility index (Phi) is 5.69. The molecule has 0 fully saturated rings. The number of carbonyl (C=O) groups is 1. The number of benzene rings is 1. The van der Waals surface area contributed by atoms with Gasteiger partial charge in [0.2, 0.25) is 0 Å². The Morgan fingerprint density at radius 2 is 1.69 bits per heavy atom. The van der Waals surface area contributed by atoms with E-state index in [0.717, 1.165) is 43.6 Å². The van der Waals surface area contributed by atoms with E-state index < -0.39 is 40.2 Å². The maximum absolute atomic E-state index is 12.8. The van der Waals surface area contributed by atoms with Gasteiger partial charge in [-0.3, -0.25) is 4.98 Å². The van der Waals surface area contributed by atoms with Gasteiger partial charge in [0.15, 0.2) is 0 Å². The largest absolute Gasteiger partial charge is 0.573 e. The third kappa shape index (κ3) is 5.55. The number of pyridine rings is 1. The topological polar surface area (TPSA) is 48.4 Å². The number of halogens is 6. The molecule has 0 N–H and O–H groups in total. The van der Waals surface area contributed by atoms with E-state index in [1.165, 1.54) is 0 Å². The molecule has 2 rings (SSSR count). The van der Waals surface area contributed by atoms with E-state index in [1.807, 2.05) is 0 Å². The Labute approximate surface area is 147 Å². The molecule has 0 saturated carbocycles. The van der Waals surface area contributed by atoms with Gasteiger partial charge in [0.25, 0.3) is 0 Å². The molecule has 1 heterocycles. The Morgan fingerprint density at radius 3 is 2.19 bits per heavy atom. The van der Waals surface area contributed by atoms with Gasteiger partial charge in [0, 0.05) is 16.7 Å². The lowest BCUT2D eigenvalue weighted by atomic mass is 10.1. The van der Waals surface area contributed by atoms with Crippen molar-refractivity contribution in [2.24, 2.45) is 0 Å². The minimum absolute atomic E-state index is 0.114. The fourth-order valence-corrected chi connectivity index (χ4v) is 2.61. The van der Waals surface area contributed by atoms with Crippen LogP contribution in [0.5, 0.6) is 5.75 Å². The number of esters is 1. The van der Waals surface area contributed by atoms with Gasteiger partial charge in [-0.25, -0.2) is 4.79 Å². The summed E-state index contributed by atoms with van der Waals surface area (Å²) in [6.45, 7) is 0. The number of methoxy groups -OCH3 is 1. The van der Waals surface area contributed by atoms with Gasteiger partial charge in [0.05, 0.1) is 18.4 Å². The number of aromatic nitrogens is 1. The van der Waals surface area contributed by atoms with Gasteiger partial charge in [0.1, 0.15) is 5.75 Å². The zero-order valence-corrected chi connectivity index (χ0v) is 13.6. The minimum atomic E-state index is -4.89. The summed E-state index contributed by atoms with van der Waals surface area (Å²) in [4.78, 5) is 14.9. The van der Waals surface area contributed by atoms with Crippen LogP contribution in [0.15, 0.2) is 41.4 Å². The molecule has 2 aromatic rings. The molecule has 0 amide bonds. The van der Waals surface area contributed by atoms with Gasteiger partial charge in [-0.15, -0.1) is 13.2 Å². The van der Waals surface area contributed by atoms with Crippen LogP contribution in [-0.4, -0.2) is 29.9 Å². The van der Waals surface area contributed by atoms with E-state index >= 15 is 0 Å². The second-order valence-corrected chi connectivity index (χ2v) is 5.79. The van der Waals surface area contributed by atoms with E-state index in [0.29, 0.717) is 0 Å². The second kappa shape index (κ2) is 7.44. The van der Waals surface area contributed by atoms with Crippen molar-refractivity contribution in [3.63, 3.8) is 0 Å². The first-order chi connectivity index (χ1) is 12.0. The molecule has 0 bridgehead atoms. The first kappa shape index (κ1) is 19.9. The van der Waals surface area contributed by atoms with Crippen LogP contribution in [0.25, 0.3) is 11.3 Å². The van der Waals surface area contributed by atoms with Crippen LogP contribution < -0.4 is 4.74 Å². The predicted octanol–water partition coefficient (Wildman–Crippen LogP) is 5.05. The summed E-state index contributed by atoms with van der Waals surface area (Å²) in [5.41, 5.74) is -4.90. The molecule has 0 unspecified atom stereocenters. The lowest BCUT2D eigenvalue weighted by Crippen LogP contribution is -2.16. The summed E-state index contributed by atoms with van der Waals surface area (Å²) in [7, 11) is 1.06. The van der Waals surface area contributed by atoms with Crippen LogP contribution >= 0.6 is 11.8 Å². The summed E-state index contributed by atoms with van der Waals surface area (Å²) in [5.74, 6) is -1.40. The van der Waals surface area contributed by atoms with Crippen LogP contribution in [0.4, 0.5) is 26.3 Å². The average molecular weight is 397 g/mol. The Bertz CT molecular complexity index is 789. The minimum Gasteiger partial charge on any atom is -0.465 e. The Morgan fingerprint density at radius 1 is 1.08 bits per heavy atom. The van der Waals surface area contributed by atoms with Crippen molar-refractivity contribution in [1.29, 1.82) is 0 Å². The molecule has 4 nitrogen and oxygen atoms in total. The van der Waals surface area contributed by atoms with Crippen molar-refractivity contribution in [2.75, 3.05) is 7.11 Å². The van der Waals surface area contributed by atoms with E-state index in [1.54, 1.807) is 0 Å². The highest BCUT2D eigenvalue weighted by atomic mass is 32.2.